The van der Waals surface area contributed by atoms with E-state index in [1.54, 1.807) is 12.1 Å². The van der Waals surface area contributed by atoms with Gasteiger partial charge >= 0.3 is 0 Å². The zero-order chi connectivity index (χ0) is 23.5. The van der Waals surface area contributed by atoms with Gasteiger partial charge in [0.1, 0.15) is 0 Å². The molecule has 2 fully saturated rings. The smallest absolute Gasteiger partial charge is 0.194 e. The Labute approximate surface area is 199 Å². The summed E-state index contributed by atoms with van der Waals surface area (Å²) < 4.78 is 10.7. The van der Waals surface area contributed by atoms with E-state index < -0.39 is 0 Å². The summed E-state index contributed by atoms with van der Waals surface area (Å²) >= 11 is 0. The summed E-state index contributed by atoms with van der Waals surface area (Å²) in [5.74, 6) is -0.0373. The number of carbonyl (C=O) groups is 3. The van der Waals surface area contributed by atoms with Gasteiger partial charge in [-0.2, -0.15) is 0 Å². The summed E-state index contributed by atoms with van der Waals surface area (Å²) in [5, 5.41) is 0. The van der Waals surface area contributed by atoms with E-state index >= 15 is 0 Å². The Morgan fingerprint density at radius 3 is 1.47 bits per heavy atom. The van der Waals surface area contributed by atoms with E-state index in [1.165, 1.54) is 0 Å². The van der Waals surface area contributed by atoms with Crippen molar-refractivity contribution in [3.05, 3.63) is 58.7 Å². The van der Waals surface area contributed by atoms with Crippen LogP contribution < -0.4 is 0 Å². The fraction of sp³-hybridized carbons (Fsp3) is 0.444. The van der Waals surface area contributed by atoms with Crippen LogP contribution in [0.25, 0.3) is 11.1 Å². The van der Waals surface area contributed by atoms with Crippen LogP contribution in [0.4, 0.5) is 0 Å². The highest BCUT2D eigenvalue weighted by molar-refractivity contribution is 6.23. The molecule has 1 aliphatic carbocycles. The molecule has 0 unspecified atom stereocenters. The quantitative estimate of drug-likeness (QED) is 0.477. The number of carbonyl (C=O) groups excluding carboxylic acids is 3. The molecule has 34 heavy (non-hydrogen) atoms. The number of rotatable bonds is 8. The number of hydrogen-bond donors (Lipinski definition) is 0. The van der Waals surface area contributed by atoms with Crippen LogP contribution >= 0.6 is 0 Å². The fourth-order valence-corrected chi connectivity index (χ4v) is 4.88. The van der Waals surface area contributed by atoms with Gasteiger partial charge in [-0.05, 0) is 23.3 Å². The minimum Gasteiger partial charge on any atom is -0.379 e. The third-order valence-corrected chi connectivity index (χ3v) is 6.98. The van der Waals surface area contributed by atoms with Gasteiger partial charge in [-0.1, -0.05) is 24.3 Å². The molecule has 0 spiro atoms. The lowest BCUT2D eigenvalue weighted by atomic mass is 9.99. The number of Topliss-reactive ketones (excluding diaryl/α,β-unsaturated/α-hetero) is 2. The Morgan fingerprint density at radius 2 is 1.06 bits per heavy atom. The van der Waals surface area contributed by atoms with Gasteiger partial charge in [0.2, 0.25) is 0 Å². The molecule has 0 atom stereocenters. The Bertz CT molecular complexity index is 1010. The number of morpholine rings is 2. The van der Waals surface area contributed by atoms with Crippen LogP contribution in [0.2, 0.25) is 0 Å². The number of ketones is 3. The van der Waals surface area contributed by atoms with E-state index in [9.17, 15) is 14.4 Å². The van der Waals surface area contributed by atoms with Gasteiger partial charge in [-0.15, -0.1) is 0 Å². The second-order valence-electron chi connectivity index (χ2n) is 9.10. The maximum absolute atomic E-state index is 13.2. The second-order valence-corrected chi connectivity index (χ2v) is 9.10. The van der Waals surface area contributed by atoms with Crippen molar-refractivity contribution in [3.63, 3.8) is 0 Å². The van der Waals surface area contributed by atoms with E-state index in [0.717, 1.165) is 37.3 Å². The summed E-state index contributed by atoms with van der Waals surface area (Å²) in [4.78, 5) is 43.2. The highest BCUT2D eigenvalue weighted by Gasteiger charge is 2.28. The fourth-order valence-electron chi connectivity index (χ4n) is 4.88. The first kappa shape index (κ1) is 23.1. The van der Waals surface area contributed by atoms with Crippen LogP contribution in [0.3, 0.4) is 0 Å². The molecular weight excluding hydrogens is 432 g/mol. The van der Waals surface area contributed by atoms with Gasteiger partial charge in [-0.3, -0.25) is 24.2 Å². The van der Waals surface area contributed by atoms with Gasteiger partial charge in [0.25, 0.3) is 0 Å². The summed E-state index contributed by atoms with van der Waals surface area (Å²) in [6, 6.07) is 10.8. The third kappa shape index (κ3) is 4.88. The van der Waals surface area contributed by atoms with E-state index in [1.807, 2.05) is 24.3 Å². The molecule has 0 radical (unpaired) electrons. The van der Waals surface area contributed by atoms with Crippen molar-refractivity contribution in [1.29, 1.82) is 0 Å². The van der Waals surface area contributed by atoms with E-state index in [4.69, 9.17) is 9.47 Å². The first-order valence-electron chi connectivity index (χ1n) is 12.1. The van der Waals surface area contributed by atoms with Crippen molar-refractivity contribution in [3.8, 4) is 11.1 Å². The molecular formula is C27H30N2O5. The van der Waals surface area contributed by atoms with Crippen molar-refractivity contribution >= 4 is 17.3 Å². The molecule has 2 saturated heterocycles. The molecule has 0 N–H and O–H groups in total. The molecule has 3 aliphatic rings. The molecule has 2 heterocycles. The lowest BCUT2D eigenvalue weighted by molar-refractivity contribution is 0.0370. The molecule has 5 rings (SSSR count). The van der Waals surface area contributed by atoms with Gasteiger partial charge in [0.15, 0.2) is 17.3 Å². The average Bonchev–Trinajstić information content (AvgIpc) is 3.17. The van der Waals surface area contributed by atoms with Crippen LogP contribution in [0.1, 0.15) is 49.5 Å². The normalized spacial score (nSPS) is 18.5. The van der Waals surface area contributed by atoms with Gasteiger partial charge in [0.05, 0.1) is 26.4 Å². The van der Waals surface area contributed by atoms with E-state index in [0.29, 0.717) is 74.6 Å². The standard InChI is InChI=1S/C27H30N2O5/c30-25(5-7-28-9-13-33-14-10-28)19-1-3-21-22-4-2-20(18-24(22)27(32)23(21)17-19)26(31)6-8-29-11-15-34-16-12-29/h1-4,17-18H,5-16H2. The van der Waals surface area contributed by atoms with Crippen LogP contribution in [0.5, 0.6) is 0 Å². The van der Waals surface area contributed by atoms with Crippen molar-refractivity contribution in [1.82, 2.24) is 9.80 Å². The Balaban J connectivity index is 1.26. The van der Waals surface area contributed by atoms with Crippen molar-refractivity contribution in [2.75, 3.05) is 65.7 Å². The maximum atomic E-state index is 13.2. The van der Waals surface area contributed by atoms with Crippen molar-refractivity contribution < 1.29 is 23.9 Å². The lowest BCUT2D eigenvalue weighted by Crippen LogP contribution is -2.37. The summed E-state index contributed by atoms with van der Waals surface area (Å²) in [6.07, 6.45) is 0.837. The number of benzene rings is 2. The molecule has 0 saturated carbocycles. The minimum absolute atomic E-state index is 0.0389. The lowest BCUT2D eigenvalue weighted by Gasteiger charge is -2.26. The average molecular weight is 463 g/mol. The Morgan fingerprint density at radius 1 is 0.647 bits per heavy atom. The van der Waals surface area contributed by atoms with E-state index in [2.05, 4.69) is 9.80 Å². The minimum atomic E-state index is -0.115. The molecule has 2 aromatic rings. The SMILES string of the molecule is O=C(CCN1CCOCC1)c1ccc2c(c1)C(=O)c1cc(C(=O)CCN3CCOCC3)ccc1-2. The zero-order valence-corrected chi connectivity index (χ0v) is 19.4. The zero-order valence-electron chi connectivity index (χ0n) is 19.4. The summed E-state index contributed by atoms with van der Waals surface area (Å²) in [6.45, 7) is 7.60. The highest BCUT2D eigenvalue weighted by Crippen LogP contribution is 2.37. The second kappa shape index (κ2) is 10.3. The predicted octanol–water partition coefficient (Wildman–Crippen LogP) is 2.71. The maximum Gasteiger partial charge on any atom is 0.194 e. The van der Waals surface area contributed by atoms with Gasteiger partial charge < -0.3 is 9.47 Å². The highest BCUT2D eigenvalue weighted by atomic mass is 16.5. The topological polar surface area (TPSA) is 76.2 Å². The molecule has 2 aromatic carbocycles. The first-order valence-corrected chi connectivity index (χ1v) is 12.1. The van der Waals surface area contributed by atoms with Crippen molar-refractivity contribution in [2.24, 2.45) is 0 Å². The molecule has 7 heteroatoms. The largest absolute Gasteiger partial charge is 0.379 e. The molecule has 0 amide bonds. The Hall–Kier alpha value is -2.71. The van der Waals surface area contributed by atoms with E-state index in [-0.39, 0.29) is 17.3 Å². The van der Waals surface area contributed by atoms with Crippen LogP contribution in [-0.2, 0) is 9.47 Å². The van der Waals surface area contributed by atoms with Crippen LogP contribution in [0.15, 0.2) is 36.4 Å². The summed E-state index contributed by atoms with van der Waals surface area (Å²) in [7, 11) is 0. The monoisotopic (exact) mass is 462 g/mol. The predicted molar refractivity (Wildman–Crippen MR) is 128 cm³/mol. The number of ether oxygens (including phenoxy) is 2. The molecule has 0 aromatic heterocycles. The number of fused-ring (bicyclic) bond motifs is 3. The van der Waals surface area contributed by atoms with Crippen LogP contribution in [0, 0.1) is 0 Å². The number of nitrogens with zero attached hydrogens (tertiary/aromatic N) is 2. The van der Waals surface area contributed by atoms with Gasteiger partial charge in [0, 0.05) is 74.4 Å². The third-order valence-electron chi connectivity index (χ3n) is 6.98. The van der Waals surface area contributed by atoms with Gasteiger partial charge in [-0.25, -0.2) is 0 Å². The number of hydrogen-bond acceptors (Lipinski definition) is 7. The molecule has 0 bridgehead atoms. The van der Waals surface area contributed by atoms with Crippen molar-refractivity contribution in [2.45, 2.75) is 12.8 Å². The molecule has 7 nitrogen and oxygen atoms in total. The van der Waals surface area contributed by atoms with Crippen LogP contribution in [-0.4, -0.2) is 92.8 Å². The molecule has 178 valence electrons. The molecule has 2 aliphatic heterocycles. The first-order chi connectivity index (χ1) is 16.6. The summed E-state index contributed by atoms with van der Waals surface area (Å²) in [5.41, 5.74) is 3.88. The Kier molecular flexibility index (Phi) is 6.97.